The van der Waals surface area contributed by atoms with Crippen molar-refractivity contribution in [2.45, 2.75) is 32.4 Å². The van der Waals surface area contributed by atoms with Crippen LogP contribution in [0.2, 0.25) is 0 Å². The number of imidazole rings is 1. The fourth-order valence-corrected chi connectivity index (χ4v) is 2.89. The molecule has 0 saturated heterocycles. The molecule has 8 nitrogen and oxygen atoms in total. The highest BCUT2D eigenvalue weighted by Crippen LogP contribution is 2.28. The minimum atomic E-state index is -0.560. The van der Waals surface area contributed by atoms with Crippen molar-refractivity contribution in [1.29, 1.82) is 0 Å². The average molecular weight is 326 g/mol. The van der Waals surface area contributed by atoms with Gasteiger partial charge in [0.15, 0.2) is 11.6 Å². The van der Waals surface area contributed by atoms with E-state index >= 15 is 0 Å². The number of methoxy groups -OCH3 is 1. The molecule has 0 saturated carbocycles. The molecule has 0 fully saturated rings. The molecule has 8 heteroatoms. The van der Waals surface area contributed by atoms with Crippen molar-refractivity contribution < 1.29 is 9.84 Å². The summed E-state index contributed by atoms with van der Waals surface area (Å²) in [6, 6.07) is 3.75. The Bertz CT molecular complexity index is 885. The zero-order chi connectivity index (χ0) is 16.7. The lowest BCUT2D eigenvalue weighted by Crippen LogP contribution is -2.16. The van der Waals surface area contributed by atoms with Crippen molar-refractivity contribution in [2.75, 3.05) is 7.11 Å². The second kappa shape index (κ2) is 5.72. The maximum Gasteiger partial charge on any atom is 0.238 e. The van der Waals surface area contributed by atoms with Gasteiger partial charge in [0, 0.05) is 12.7 Å². The number of rotatable bonds is 3. The molecular formula is C16H18N6O2. The number of pyridine rings is 1. The minimum absolute atomic E-state index is 0.471. The number of aliphatic hydroxyl groups is 1. The van der Waals surface area contributed by atoms with Crippen LogP contribution in [0.25, 0.3) is 17.2 Å². The second-order valence-corrected chi connectivity index (χ2v) is 5.82. The number of nitrogens with zero attached hydrogens (tertiary/aromatic N) is 6. The SMILES string of the molecule is COc1nc(-c2nc3n(n2)CCCC3O)ccc1-n1cnc(C)c1. The summed E-state index contributed by atoms with van der Waals surface area (Å²) in [5, 5.41) is 14.5. The molecule has 4 heterocycles. The van der Waals surface area contributed by atoms with Gasteiger partial charge in [-0.25, -0.2) is 19.6 Å². The van der Waals surface area contributed by atoms with Crippen LogP contribution < -0.4 is 4.74 Å². The fraction of sp³-hybridized carbons (Fsp3) is 0.375. The molecule has 0 radical (unpaired) electrons. The standard InChI is InChI=1S/C16H18N6O2/c1-10-8-21(9-17-10)12-6-5-11(18-16(12)24-2)14-19-15-13(23)4-3-7-22(15)20-14/h5-6,8-9,13,23H,3-4,7H2,1-2H3. The van der Waals surface area contributed by atoms with Crippen molar-refractivity contribution in [3.8, 4) is 23.1 Å². The number of aryl methyl sites for hydroxylation is 2. The number of fused-ring (bicyclic) bond motifs is 1. The van der Waals surface area contributed by atoms with Crippen LogP contribution >= 0.6 is 0 Å². The van der Waals surface area contributed by atoms with Crippen LogP contribution in [0.15, 0.2) is 24.7 Å². The molecule has 4 rings (SSSR count). The molecule has 1 N–H and O–H groups in total. The first-order chi connectivity index (χ1) is 11.7. The first-order valence-electron chi connectivity index (χ1n) is 7.85. The average Bonchev–Trinajstić information content (AvgIpc) is 3.21. The molecule has 124 valence electrons. The van der Waals surface area contributed by atoms with Gasteiger partial charge < -0.3 is 14.4 Å². The van der Waals surface area contributed by atoms with E-state index in [1.165, 1.54) is 0 Å². The Hall–Kier alpha value is -2.74. The van der Waals surface area contributed by atoms with Crippen LogP contribution in [0.5, 0.6) is 5.88 Å². The summed E-state index contributed by atoms with van der Waals surface area (Å²) in [5.41, 5.74) is 2.32. The Kier molecular flexibility index (Phi) is 3.53. The van der Waals surface area contributed by atoms with Crippen LogP contribution in [0.4, 0.5) is 0 Å². The van der Waals surface area contributed by atoms with Crippen LogP contribution in [0.1, 0.15) is 30.5 Å². The molecule has 1 unspecified atom stereocenters. The van der Waals surface area contributed by atoms with E-state index in [1.54, 1.807) is 18.1 Å². The lowest BCUT2D eigenvalue weighted by Gasteiger charge is -2.16. The van der Waals surface area contributed by atoms with Crippen molar-refractivity contribution in [2.24, 2.45) is 0 Å². The quantitative estimate of drug-likeness (QED) is 0.787. The molecule has 3 aromatic rings. The summed E-state index contributed by atoms with van der Waals surface area (Å²) >= 11 is 0. The first kappa shape index (κ1) is 14.8. The Balaban J connectivity index is 1.75. The molecule has 0 spiro atoms. The summed E-state index contributed by atoms with van der Waals surface area (Å²) in [7, 11) is 1.58. The first-order valence-corrected chi connectivity index (χ1v) is 7.85. The van der Waals surface area contributed by atoms with Gasteiger partial charge >= 0.3 is 0 Å². The van der Waals surface area contributed by atoms with Crippen molar-refractivity contribution in [3.05, 3.63) is 36.2 Å². The van der Waals surface area contributed by atoms with Crippen LogP contribution in [0, 0.1) is 6.92 Å². The third-order valence-corrected chi connectivity index (χ3v) is 4.10. The number of aliphatic hydroxyl groups excluding tert-OH is 1. The maximum absolute atomic E-state index is 10.0. The summed E-state index contributed by atoms with van der Waals surface area (Å²) in [6.07, 6.45) is 4.68. The second-order valence-electron chi connectivity index (χ2n) is 5.82. The van der Waals surface area contributed by atoms with E-state index in [2.05, 4.69) is 20.1 Å². The van der Waals surface area contributed by atoms with E-state index in [0.717, 1.165) is 24.3 Å². The van der Waals surface area contributed by atoms with Gasteiger partial charge in [0.05, 0.1) is 19.1 Å². The molecule has 0 bridgehead atoms. The lowest BCUT2D eigenvalue weighted by molar-refractivity contribution is 0.130. The van der Waals surface area contributed by atoms with Gasteiger partial charge in [-0.2, -0.15) is 0 Å². The van der Waals surface area contributed by atoms with Gasteiger partial charge in [-0.05, 0) is 31.9 Å². The number of hydrogen-bond acceptors (Lipinski definition) is 6. The summed E-state index contributed by atoms with van der Waals surface area (Å²) in [6.45, 7) is 2.69. The highest BCUT2D eigenvalue weighted by Gasteiger charge is 2.23. The molecule has 0 aliphatic carbocycles. The Morgan fingerprint density at radius 1 is 1.29 bits per heavy atom. The smallest absolute Gasteiger partial charge is 0.238 e. The van der Waals surface area contributed by atoms with Gasteiger partial charge in [0.25, 0.3) is 0 Å². The summed E-state index contributed by atoms with van der Waals surface area (Å²) in [5.74, 6) is 1.57. The lowest BCUT2D eigenvalue weighted by atomic mass is 10.1. The normalized spacial score (nSPS) is 16.9. The molecule has 1 aliphatic rings. The Morgan fingerprint density at radius 3 is 2.88 bits per heavy atom. The fourth-order valence-electron chi connectivity index (χ4n) is 2.89. The van der Waals surface area contributed by atoms with Crippen LogP contribution in [-0.4, -0.2) is 41.5 Å². The number of hydrogen-bond donors (Lipinski definition) is 1. The minimum Gasteiger partial charge on any atom is -0.479 e. The monoisotopic (exact) mass is 326 g/mol. The van der Waals surface area contributed by atoms with E-state index in [9.17, 15) is 5.11 Å². The molecule has 1 aliphatic heterocycles. The highest BCUT2D eigenvalue weighted by molar-refractivity contribution is 5.55. The molecule has 24 heavy (non-hydrogen) atoms. The molecular weight excluding hydrogens is 308 g/mol. The zero-order valence-corrected chi connectivity index (χ0v) is 13.5. The topological polar surface area (TPSA) is 90.9 Å². The Morgan fingerprint density at radius 2 is 2.17 bits per heavy atom. The van der Waals surface area contributed by atoms with E-state index in [4.69, 9.17) is 4.74 Å². The van der Waals surface area contributed by atoms with E-state index < -0.39 is 6.10 Å². The van der Waals surface area contributed by atoms with Crippen molar-refractivity contribution in [1.82, 2.24) is 29.3 Å². The van der Waals surface area contributed by atoms with Gasteiger partial charge in [-0.15, -0.1) is 5.10 Å². The molecule has 0 amide bonds. The third kappa shape index (κ3) is 2.44. The zero-order valence-electron chi connectivity index (χ0n) is 13.5. The van der Waals surface area contributed by atoms with Crippen molar-refractivity contribution >= 4 is 0 Å². The van der Waals surface area contributed by atoms with Gasteiger partial charge in [-0.1, -0.05) is 0 Å². The Labute approximate surface area is 138 Å². The summed E-state index contributed by atoms with van der Waals surface area (Å²) < 4.78 is 9.04. The van der Waals surface area contributed by atoms with E-state index in [0.29, 0.717) is 29.6 Å². The number of aromatic nitrogens is 6. The highest BCUT2D eigenvalue weighted by atomic mass is 16.5. The maximum atomic E-state index is 10.0. The van der Waals surface area contributed by atoms with Gasteiger partial charge in [0.1, 0.15) is 17.5 Å². The molecule has 0 aromatic carbocycles. The van der Waals surface area contributed by atoms with E-state index in [1.807, 2.05) is 29.8 Å². The molecule has 3 aromatic heterocycles. The van der Waals surface area contributed by atoms with Crippen LogP contribution in [0.3, 0.4) is 0 Å². The van der Waals surface area contributed by atoms with Crippen LogP contribution in [-0.2, 0) is 6.54 Å². The van der Waals surface area contributed by atoms with E-state index in [-0.39, 0.29) is 0 Å². The van der Waals surface area contributed by atoms with Crippen molar-refractivity contribution in [3.63, 3.8) is 0 Å². The predicted octanol–water partition coefficient (Wildman–Crippen LogP) is 1.67. The molecule has 1 atom stereocenters. The predicted molar refractivity (Wildman–Crippen MR) is 85.9 cm³/mol. The van der Waals surface area contributed by atoms with Gasteiger partial charge in [0.2, 0.25) is 5.88 Å². The number of ether oxygens (including phenoxy) is 1. The largest absolute Gasteiger partial charge is 0.479 e. The third-order valence-electron chi connectivity index (χ3n) is 4.10. The van der Waals surface area contributed by atoms with Gasteiger partial charge in [-0.3, -0.25) is 0 Å². The summed E-state index contributed by atoms with van der Waals surface area (Å²) in [4.78, 5) is 13.2.